The molecule has 0 N–H and O–H groups in total. The molecule has 57 heavy (non-hydrogen) atoms. The number of rotatable bonds is 10. The number of allylic oxidation sites excluding steroid dienone is 3. The number of hydrogen-bond acceptors (Lipinski definition) is 3. The Morgan fingerprint density at radius 3 is 1.25 bits per heavy atom. The van der Waals surface area contributed by atoms with Gasteiger partial charge in [-0.15, -0.1) is 0 Å². The molecule has 1 nitrogen and oxygen atoms in total. The van der Waals surface area contributed by atoms with Crippen LogP contribution in [-0.4, -0.2) is 8.32 Å². The van der Waals surface area contributed by atoms with E-state index in [1.54, 1.807) is 10.8 Å². The van der Waals surface area contributed by atoms with Crippen LogP contribution in [0.2, 0.25) is 16.6 Å². The second-order valence-corrected chi connectivity index (χ2v) is 32.8. The maximum atomic E-state index is 8.63. The molecule has 1 saturated heterocycles. The molecule has 4 aliphatic carbocycles. The summed E-state index contributed by atoms with van der Waals surface area (Å²) in [5.41, 5.74) is 7.33. The third-order valence-electron chi connectivity index (χ3n) is 14.9. The van der Waals surface area contributed by atoms with Crippen molar-refractivity contribution in [2.24, 2.45) is 23.2 Å². The third kappa shape index (κ3) is 5.84. The van der Waals surface area contributed by atoms with Crippen molar-refractivity contribution in [3.05, 3.63) is 167 Å². The predicted molar refractivity (Wildman–Crippen MR) is 254 cm³/mol. The zero-order valence-corrected chi connectivity index (χ0v) is 38.9. The Hall–Kier alpha value is -2.32. The summed E-state index contributed by atoms with van der Waals surface area (Å²) in [6.07, 6.45) is 13.9. The molecule has 4 aromatic rings. The summed E-state index contributed by atoms with van der Waals surface area (Å²) >= 11 is 4.49. The van der Waals surface area contributed by atoms with Crippen LogP contribution in [-0.2, 0) is 14.7 Å². The second kappa shape index (κ2) is 14.7. The Morgan fingerprint density at radius 1 is 0.544 bits per heavy atom. The van der Waals surface area contributed by atoms with E-state index in [9.17, 15) is 0 Å². The standard InChI is InChI=1S/C51H58OP2S2Si/c1-35(2)57(36(3)4,37(5)6)52-47(49-30-38-27-39(31-49)29-40(28-38)32-49)48-53-50(43-23-15-9-16-24-43,33-45(55-53)41-19-11-7-12-20-41)51(44-25-17-10-18-26-44)34-46(56-54(48)51)42-21-13-8-14-22-42/h7-26,33-40H,27-32H2,1-6H3/t38?,39?,40?,49?,50-,51-,53?,54?/m1/s1. The minimum Gasteiger partial charge on any atom is -0.545 e. The summed E-state index contributed by atoms with van der Waals surface area (Å²) in [4.78, 5) is 2.90. The van der Waals surface area contributed by atoms with E-state index in [-0.39, 0.29) is 15.7 Å². The summed E-state index contributed by atoms with van der Waals surface area (Å²) in [6.45, 7) is 15.1. The maximum Gasteiger partial charge on any atom is 0.258 e. The van der Waals surface area contributed by atoms with Gasteiger partial charge in [-0.05, 0) is 95.2 Å². The molecule has 0 spiro atoms. The number of fused-ring (bicyclic) bond motifs is 3. The van der Waals surface area contributed by atoms with Gasteiger partial charge in [0, 0.05) is 34.5 Å². The number of benzene rings is 4. The number of hydrogen-bond donors (Lipinski definition) is 0. The van der Waals surface area contributed by atoms with E-state index in [0.29, 0.717) is 16.6 Å². The van der Waals surface area contributed by atoms with Crippen LogP contribution >= 0.6 is 37.0 Å². The molecular weight excluding hydrogens is 783 g/mol. The van der Waals surface area contributed by atoms with Crippen LogP contribution < -0.4 is 0 Å². The van der Waals surface area contributed by atoms with Gasteiger partial charge in [-0.1, -0.05) is 198 Å². The van der Waals surface area contributed by atoms with Crippen LogP contribution in [0.15, 0.2) is 144 Å². The third-order valence-corrected chi connectivity index (χ3v) is 33.6. The highest BCUT2D eigenvalue weighted by Gasteiger charge is 2.73. The molecule has 0 amide bonds. The zero-order chi connectivity index (χ0) is 39.2. The first kappa shape index (κ1) is 38.9. The molecule has 11 rings (SSSR count). The van der Waals surface area contributed by atoms with E-state index < -0.39 is 22.6 Å². The van der Waals surface area contributed by atoms with E-state index in [1.807, 2.05) is 0 Å². The fraction of sp³-hybridized carbons (Fsp3) is 0.412. The average molecular weight is 841 g/mol. The Bertz CT molecular complexity index is 2050. The highest BCUT2D eigenvalue weighted by Crippen LogP contribution is 3.03. The molecular formula is C51H58OP2S2Si. The van der Waals surface area contributed by atoms with Crippen molar-refractivity contribution in [1.29, 1.82) is 0 Å². The molecule has 2 unspecified atom stereocenters. The van der Waals surface area contributed by atoms with Gasteiger partial charge in [-0.3, -0.25) is 0 Å². The molecule has 0 radical (unpaired) electrons. The maximum absolute atomic E-state index is 8.63. The molecule has 6 heteroatoms. The van der Waals surface area contributed by atoms with Crippen LogP contribution in [0.5, 0.6) is 0 Å². The SMILES string of the molecule is CC(C)[Si](OC(=C1P2SC(c3ccccc3)=C[C@@]2(c2ccccc2)[C@]2(c3ccccc3)C=C(c3ccccc3)SP12)C12CC3CC(CC(C3)C1)C2)(C(C)C)C(C)C. The first-order chi connectivity index (χ1) is 27.6. The van der Waals surface area contributed by atoms with Gasteiger partial charge >= 0.3 is 0 Å². The van der Waals surface area contributed by atoms with Crippen LogP contribution in [0.1, 0.15) is 102 Å². The fourth-order valence-electron chi connectivity index (χ4n) is 13.1. The zero-order valence-electron chi connectivity index (χ0n) is 34.5. The summed E-state index contributed by atoms with van der Waals surface area (Å²) in [6, 6.07) is 46.4. The lowest BCUT2D eigenvalue weighted by Crippen LogP contribution is -2.53. The van der Waals surface area contributed by atoms with Crippen LogP contribution in [0.3, 0.4) is 0 Å². The normalized spacial score (nSPS) is 32.5. The van der Waals surface area contributed by atoms with E-state index in [1.165, 1.54) is 70.6 Å². The van der Waals surface area contributed by atoms with Crippen LogP contribution in [0, 0.1) is 23.2 Å². The summed E-state index contributed by atoms with van der Waals surface area (Å²) in [7, 11) is -3.98. The first-order valence-corrected chi connectivity index (χ1v) is 29.4. The second-order valence-electron chi connectivity index (χ2n) is 19.1. The van der Waals surface area contributed by atoms with E-state index >= 15 is 0 Å². The summed E-state index contributed by atoms with van der Waals surface area (Å²) in [5, 5.41) is 1.27. The quantitative estimate of drug-likeness (QED) is 0.0894. The molecule has 4 aromatic carbocycles. The molecule has 7 aliphatic rings. The monoisotopic (exact) mass is 840 g/mol. The highest BCUT2D eigenvalue weighted by molar-refractivity contribution is 8.70. The fourth-order valence-corrected chi connectivity index (χ4v) is 35.6. The smallest absolute Gasteiger partial charge is 0.258 e. The molecule has 3 heterocycles. The van der Waals surface area contributed by atoms with E-state index in [4.69, 9.17) is 4.43 Å². The van der Waals surface area contributed by atoms with Gasteiger partial charge in [0.25, 0.3) is 8.32 Å². The van der Waals surface area contributed by atoms with Gasteiger partial charge in [-0.2, -0.15) is 0 Å². The topological polar surface area (TPSA) is 9.23 Å². The molecule has 4 bridgehead atoms. The Balaban J connectivity index is 1.35. The van der Waals surface area contributed by atoms with Crippen molar-refractivity contribution >= 4 is 55.1 Å². The van der Waals surface area contributed by atoms with Crippen molar-refractivity contribution in [3.8, 4) is 0 Å². The van der Waals surface area contributed by atoms with Crippen LogP contribution in [0.25, 0.3) is 9.81 Å². The lowest BCUT2D eigenvalue weighted by atomic mass is 9.49. The predicted octanol–water partition coefficient (Wildman–Crippen LogP) is 16.7. The van der Waals surface area contributed by atoms with Crippen LogP contribution in [0.4, 0.5) is 0 Å². The molecule has 294 valence electrons. The molecule has 5 fully saturated rings. The van der Waals surface area contributed by atoms with Crippen molar-refractivity contribution in [2.75, 3.05) is 0 Å². The van der Waals surface area contributed by atoms with Crippen molar-refractivity contribution in [2.45, 2.75) is 107 Å². The van der Waals surface area contributed by atoms with E-state index in [0.717, 1.165) is 17.8 Å². The van der Waals surface area contributed by atoms with Gasteiger partial charge in [0.15, 0.2) is 0 Å². The van der Waals surface area contributed by atoms with Gasteiger partial charge in [0.05, 0.1) is 16.1 Å². The first-order valence-electron chi connectivity index (χ1n) is 21.7. The lowest BCUT2D eigenvalue weighted by Gasteiger charge is -2.59. The largest absolute Gasteiger partial charge is 0.545 e. The van der Waals surface area contributed by atoms with Gasteiger partial charge < -0.3 is 4.43 Å². The molecule has 4 atom stereocenters. The minimum atomic E-state index is -2.36. The van der Waals surface area contributed by atoms with Gasteiger partial charge in [0.2, 0.25) is 0 Å². The average Bonchev–Trinajstić information content (AvgIpc) is 3.87. The molecule has 0 aromatic heterocycles. The Labute approximate surface area is 354 Å². The Kier molecular flexibility index (Phi) is 10.0. The molecule has 3 aliphatic heterocycles. The van der Waals surface area contributed by atoms with E-state index in [2.05, 4.69) is 198 Å². The summed E-state index contributed by atoms with van der Waals surface area (Å²) in [5.74, 6) is 4.07. The summed E-state index contributed by atoms with van der Waals surface area (Å²) < 4.78 is 8.63. The molecule has 4 saturated carbocycles. The van der Waals surface area contributed by atoms with Gasteiger partial charge in [0.1, 0.15) is 0 Å². The van der Waals surface area contributed by atoms with Crippen molar-refractivity contribution < 1.29 is 4.43 Å². The van der Waals surface area contributed by atoms with Crippen molar-refractivity contribution in [1.82, 2.24) is 0 Å². The van der Waals surface area contributed by atoms with Gasteiger partial charge in [-0.25, -0.2) is 0 Å². The highest BCUT2D eigenvalue weighted by atomic mass is 32.7. The minimum absolute atomic E-state index is 0.132. The van der Waals surface area contributed by atoms with Crippen molar-refractivity contribution in [3.63, 3.8) is 0 Å². The lowest BCUT2D eigenvalue weighted by molar-refractivity contribution is -0.0493. The Morgan fingerprint density at radius 2 is 0.895 bits per heavy atom.